The molecule has 0 aliphatic heterocycles. The summed E-state index contributed by atoms with van der Waals surface area (Å²) in [7, 11) is 0. The number of pyridine rings is 1. The predicted octanol–water partition coefficient (Wildman–Crippen LogP) is 2.71. The Labute approximate surface area is 177 Å². The first-order valence-corrected chi connectivity index (χ1v) is 9.17. The van der Waals surface area contributed by atoms with Crippen molar-refractivity contribution in [3.8, 4) is 17.5 Å². The minimum Gasteiger partial charge on any atom is -0.350 e. The lowest BCUT2D eigenvalue weighted by Gasteiger charge is -2.08. The van der Waals surface area contributed by atoms with Gasteiger partial charge in [0, 0.05) is 47.3 Å². The Kier molecular flexibility index (Phi) is 5.51. The molecule has 0 fully saturated rings. The largest absolute Gasteiger partial charge is 0.350 e. The van der Waals surface area contributed by atoms with Gasteiger partial charge in [0.25, 0.3) is 5.91 Å². The van der Waals surface area contributed by atoms with Crippen LogP contribution in [-0.4, -0.2) is 25.8 Å². The van der Waals surface area contributed by atoms with Crippen LogP contribution >= 0.6 is 0 Å². The zero-order valence-corrected chi connectivity index (χ0v) is 16.2. The molecule has 31 heavy (non-hydrogen) atoms. The van der Waals surface area contributed by atoms with Crippen molar-refractivity contribution in [3.63, 3.8) is 0 Å². The molecule has 0 unspecified atom stereocenters. The number of H-pyrrole nitrogens is 1. The van der Waals surface area contributed by atoms with Gasteiger partial charge in [0.15, 0.2) is 5.82 Å². The summed E-state index contributed by atoms with van der Waals surface area (Å²) >= 11 is 0. The minimum absolute atomic E-state index is 0.290. The van der Waals surface area contributed by atoms with Crippen molar-refractivity contribution < 1.29 is 4.79 Å². The standard InChI is InChI=1S/C21H17N9O/c1-2-25-30-29-19-6-8-24-20(28-19)14-4-3-13-9-18(26-17(13)10-14)21(31)27-16-5-7-23-12-15(16)11-22/h2-10,12,25-26,30H,1H2,(H,23,27,31)(H,24,28,29). The van der Waals surface area contributed by atoms with E-state index < -0.39 is 0 Å². The summed E-state index contributed by atoms with van der Waals surface area (Å²) in [6.07, 6.45) is 6.04. The van der Waals surface area contributed by atoms with E-state index in [1.54, 1.807) is 24.4 Å². The van der Waals surface area contributed by atoms with Gasteiger partial charge in [0.05, 0.1) is 11.3 Å². The summed E-state index contributed by atoms with van der Waals surface area (Å²) in [5.74, 6) is 0.726. The first kappa shape index (κ1) is 19.6. The second-order valence-electron chi connectivity index (χ2n) is 6.34. The fourth-order valence-electron chi connectivity index (χ4n) is 2.89. The molecule has 0 radical (unpaired) electrons. The Hall–Kier alpha value is -4.75. The summed E-state index contributed by atoms with van der Waals surface area (Å²) in [4.78, 5) is 28.4. The molecular weight excluding hydrogens is 394 g/mol. The van der Waals surface area contributed by atoms with Gasteiger partial charge < -0.3 is 15.7 Å². The van der Waals surface area contributed by atoms with E-state index in [0.717, 1.165) is 16.5 Å². The smallest absolute Gasteiger partial charge is 0.272 e. The Morgan fingerprint density at radius 2 is 2.10 bits per heavy atom. The van der Waals surface area contributed by atoms with Crippen LogP contribution in [-0.2, 0) is 0 Å². The maximum atomic E-state index is 12.7. The molecule has 3 heterocycles. The number of benzene rings is 1. The van der Waals surface area contributed by atoms with E-state index in [2.05, 4.69) is 48.2 Å². The fourth-order valence-corrected chi connectivity index (χ4v) is 2.89. The average molecular weight is 411 g/mol. The van der Waals surface area contributed by atoms with Crippen LogP contribution in [0.2, 0.25) is 0 Å². The number of nitrogens with one attached hydrogen (secondary N) is 5. The van der Waals surface area contributed by atoms with Crippen molar-refractivity contribution in [2.24, 2.45) is 0 Å². The number of hydrazine groups is 2. The summed E-state index contributed by atoms with van der Waals surface area (Å²) in [6.45, 7) is 3.54. The van der Waals surface area contributed by atoms with Crippen molar-refractivity contribution >= 4 is 28.3 Å². The molecule has 4 aromatic rings. The van der Waals surface area contributed by atoms with E-state index in [1.165, 1.54) is 18.6 Å². The monoisotopic (exact) mass is 411 g/mol. The van der Waals surface area contributed by atoms with Crippen molar-refractivity contribution in [2.45, 2.75) is 0 Å². The van der Waals surface area contributed by atoms with Crippen LogP contribution < -0.4 is 21.7 Å². The summed E-state index contributed by atoms with van der Waals surface area (Å²) < 4.78 is 0. The number of nitrogens with zero attached hydrogens (tertiary/aromatic N) is 4. The van der Waals surface area contributed by atoms with E-state index in [1.807, 2.05) is 24.3 Å². The molecule has 0 spiro atoms. The second kappa shape index (κ2) is 8.73. The van der Waals surface area contributed by atoms with Crippen LogP contribution in [0.3, 0.4) is 0 Å². The normalized spacial score (nSPS) is 10.3. The lowest BCUT2D eigenvalue weighted by atomic mass is 10.1. The van der Waals surface area contributed by atoms with Gasteiger partial charge >= 0.3 is 0 Å². The molecule has 1 amide bonds. The Balaban J connectivity index is 1.57. The maximum absolute atomic E-state index is 12.7. The highest BCUT2D eigenvalue weighted by molar-refractivity contribution is 6.06. The van der Waals surface area contributed by atoms with Crippen LogP contribution in [0.25, 0.3) is 22.3 Å². The Morgan fingerprint density at radius 3 is 2.94 bits per heavy atom. The van der Waals surface area contributed by atoms with E-state index >= 15 is 0 Å². The second-order valence-corrected chi connectivity index (χ2v) is 6.34. The SMILES string of the molecule is C=CNNNc1ccnc(-c2ccc3cc(C(=O)Nc4ccncc4C#N)[nH]c3c2)n1. The van der Waals surface area contributed by atoms with E-state index in [4.69, 9.17) is 5.26 Å². The third-order valence-electron chi connectivity index (χ3n) is 4.34. The molecule has 0 atom stereocenters. The topological polar surface area (TPSA) is 143 Å². The van der Waals surface area contributed by atoms with Crippen LogP contribution in [0.4, 0.5) is 11.5 Å². The molecular formula is C21H17N9O. The molecule has 10 heteroatoms. The third kappa shape index (κ3) is 4.31. The van der Waals surface area contributed by atoms with Gasteiger partial charge in [-0.05, 0) is 18.2 Å². The number of anilines is 2. The number of hydrogen-bond acceptors (Lipinski definition) is 8. The van der Waals surface area contributed by atoms with Crippen molar-refractivity contribution in [1.29, 1.82) is 5.26 Å². The van der Waals surface area contributed by atoms with Crippen LogP contribution in [0, 0.1) is 11.3 Å². The number of fused-ring (bicyclic) bond motifs is 1. The molecule has 1 aromatic carbocycles. The zero-order valence-electron chi connectivity index (χ0n) is 16.2. The number of rotatable bonds is 7. The lowest BCUT2D eigenvalue weighted by Crippen LogP contribution is -2.32. The molecule has 0 saturated heterocycles. The average Bonchev–Trinajstić information content (AvgIpc) is 3.23. The highest BCUT2D eigenvalue weighted by Crippen LogP contribution is 2.24. The first-order valence-electron chi connectivity index (χ1n) is 9.17. The third-order valence-corrected chi connectivity index (χ3v) is 4.34. The molecule has 152 valence electrons. The molecule has 5 N–H and O–H groups in total. The number of amides is 1. The highest BCUT2D eigenvalue weighted by Gasteiger charge is 2.13. The number of aromatic amines is 1. The highest BCUT2D eigenvalue weighted by atomic mass is 16.1. The van der Waals surface area contributed by atoms with Crippen molar-refractivity contribution in [3.05, 3.63) is 79.0 Å². The summed E-state index contributed by atoms with van der Waals surface area (Å²) in [5, 5.41) is 12.7. The first-order chi connectivity index (χ1) is 15.2. The lowest BCUT2D eigenvalue weighted by molar-refractivity contribution is 0.102. The number of hydrogen-bond donors (Lipinski definition) is 5. The molecule has 0 aliphatic rings. The molecule has 10 nitrogen and oxygen atoms in total. The molecule has 0 saturated carbocycles. The van der Waals surface area contributed by atoms with E-state index in [-0.39, 0.29) is 11.5 Å². The van der Waals surface area contributed by atoms with Crippen molar-refractivity contribution in [2.75, 3.05) is 10.7 Å². The quantitative estimate of drug-likeness (QED) is 0.231. The molecule has 0 aliphatic carbocycles. The molecule has 0 bridgehead atoms. The Bertz CT molecular complexity index is 1310. The Morgan fingerprint density at radius 1 is 1.19 bits per heavy atom. The van der Waals surface area contributed by atoms with Crippen LogP contribution in [0.5, 0.6) is 0 Å². The van der Waals surface area contributed by atoms with Gasteiger partial charge in [0.2, 0.25) is 0 Å². The zero-order chi connectivity index (χ0) is 21.6. The van der Waals surface area contributed by atoms with E-state index in [9.17, 15) is 4.79 Å². The molecule has 3 aromatic heterocycles. The fraction of sp³-hybridized carbons (Fsp3) is 0. The van der Waals surface area contributed by atoms with Crippen molar-refractivity contribution in [1.82, 2.24) is 30.9 Å². The predicted molar refractivity (Wildman–Crippen MR) is 116 cm³/mol. The van der Waals surface area contributed by atoms with Gasteiger partial charge in [-0.25, -0.2) is 9.97 Å². The van der Waals surface area contributed by atoms with E-state index in [0.29, 0.717) is 23.0 Å². The maximum Gasteiger partial charge on any atom is 0.272 e. The van der Waals surface area contributed by atoms with Gasteiger partial charge in [0.1, 0.15) is 17.6 Å². The van der Waals surface area contributed by atoms with Crippen LogP contribution in [0.1, 0.15) is 16.1 Å². The summed E-state index contributed by atoms with van der Waals surface area (Å²) in [5.41, 5.74) is 10.9. The molecule has 4 rings (SSSR count). The van der Waals surface area contributed by atoms with Gasteiger partial charge in [-0.1, -0.05) is 18.7 Å². The minimum atomic E-state index is -0.358. The number of carbonyl (C=O) groups is 1. The van der Waals surface area contributed by atoms with Gasteiger partial charge in [-0.2, -0.15) is 5.26 Å². The number of carbonyl (C=O) groups excluding carboxylic acids is 1. The summed E-state index contributed by atoms with van der Waals surface area (Å²) in [6, 6.07) is 12.7. The van der Waals surface area contributed by atoms with Gasteiger partial charge in [-0.3, -0.25) is 15.2 Å². The van der Waals surface area contributed by atoms with Crippen LogP contribution in [0.15, 0.2) is 67.8 Å². The van der Waals surface area contributed by atoms with Gasteiger partial charge in [-0.15, -0.1) is 5.53 Å². The number of nitriles is 1. The number of aromatic nitrogens is 4.